The lowest BCUT2D eigenvalue weighted by atomic mass is 10.1. The predicted octanol–water partition coefficient (Wildman–Crippen LogP) is 2.61. The summed E-state index contributed by atoms with van der Waals surface area (Å²) in [7, 11) is 0. The molecule has 0 amide bonds. The zero-order valence-electron chi connectivity index (χ0n) is 12.2. The van der Waals surface area contributed by atoms with Crippen molar-refractivity contribution in [3.05, 3.63) is 34.6 Å². The Kier molecular flexibility index (Phi) is 4.83. The fourth-order valence-electron chi connectivity index (χ4n) is 2.37. The van der Waals surface area contributed by atoms with Crippen LogP contribution < -0.4 is 0 Å². The van der Waals surface area contributed by atoms with E-state index in [0.717, 1.165) is 36.6 Å². The first-order valence-electron chi connectivity index (χ1n) is 7.04. The molecule has 0 aliphatic rings. The first kappa shape index (κ1) is 15.1. The van der Waals surface area contributed by atoms with Gasteiger partial charge in [-0.3, -0.25) is 4.68 Å². The Balaban J connectivity index is 2.27. The second kappa shape index (κ2) is 6.41. The van der Waals surface area contributed by atoms with E-state index < -0.39 is 6.10 Å². The lowest BCUT2D eigenvalue weighted by Gasteiger charge is -2.13. The van der Waals surface area contributed by atoms with Gasteiger partial charge in [-0.2, -0.15) is 5.10 Å². The molecule has 2 rings (SSSR count). The SMILES string of the molecule is CCc1nn(CC)c(CC(O)c2cncn2CC)c1Cl. The molecule has 5 nitrogen and oxygen atoms in total. The van der Waals surface area contributed by atoms with Gasteiger partial charge in [0.2, 0.25) is 0 Å². The first-order chi connectivity index (χ1) is 9.62. The van der Waals surface area contributed by atoms with Crippen LogP contribution in [0.15, 0.2) is 12.5 Å². The van der Waals surface area contributed by atoms with E-state index in [9.17, 15) is 5.11 Å². The van der Waals surface area contributed by atoms with E-state index in [0.29, 0.717) is 11.4 Å². The van der Waals surface area contributed by atoms with Crippen molar-refractivity contribution < 1.29 is 5.11 Å². The van der Waals surface area contributed by atoms with Gasteiger partial charge in [-0.25, -0.2) is 4.98 Å². The highest BCUT2D eigenvalue weighted by molar-refractivity contribution is 6.31. The lowest BCUT2D eigenvalue weighted by molar-refractivity contribution is 0.166. The summed E-state index contributed by atoms with van der Waals surface area (Å²) in [5.74, 6) is 0. The number of halogens is 1. The molecule has 0 saturated carbocycles. The minimum absolute atomic E-state index is 0.450. The zero-order valence-corrected chi connectivity index (χ0v) is 12.9. The van der Waals surface area contributed by atoms with Gasteiger partial charge < -0.3 is 9.67 Å². The Morgan fingerprint density at radius 3 is 2.65 bits per heavy atom. The molecule has 2 aromatic rings. The van der Waals surface area contributed by atoms with Crippen LogP contribution in [0.3, 0.4) is 0 Å². The zero-order chi connectivity index (χ0) is 14.7. The van der Waals surface area contributed by atoms with Crippen LogP contribution in [0, 0.1) is 0 Å². The van der Waals surface area contributed by atoms with Crippen molar-refractivity contribution in [1.82, 2.24) is 19.3 Å². The molecule has 0 bridgehead atoms. The lowest BCUT2D eigenvalue weighted by Crippen LogP contribution is -2.12. The number of hydrogen-bond donors (Lipinski definition) is 1. The smallest absolute Gasteiger partial charge is 0.101 e. The Morgan fingerprint density at radius 2 is 2.05 bits per heavy atom. The predicted molar refractivity (Wildman–Crippen MR) is 78.9 cm³/mol. The molecule has 2 heterocycles. The Labute approximate surface area is 124 Å². The normalized spacial score (nSPS) is 12.8. The maximum absolute atomic E-state index is 10.4. The molecule has 1 N–H and O–H groups in total. The maximum atomic E-state index is 10.4. The van der Waals surface area contributed by atoms with Crippen molar-refractivity contribution in [3.8, 4) is 0 Å². The van der Waals surface area contributed by atoms with Gasteiger partial charge in [0.1, 0.15) is 6.10 Å². The van der Waals surface area contributed by atoms with Gasteiger partial charge in [0, 0.05) is 19.5 Å². The highest BCUT2D eigenvalue weighted by Gasteiger charge is 2.20. The van der Waals surface area contributed by atoms with Crippen molar-refractivity contribution in [2.75, 3.05) is 0 Å². The molecule has 2 aromatic heterocycles. The number of imidazole rings is 1. The summed E-state index contributed by atoms with van der Waals surface area (Å²) in [6, 6.07) is 0. The van der Waals surface area contributed by atoms with Crippen LogP contribution in [0.25, 0.3) is 0 Å². The molecule has 0 aliphatic carbocycles. The summed E-state index contributed by atoms with van der Waals surface area (Å²) >= 11 is 6.37. The van der Waals surface area contributed by atoms with Crippen LogP contribution in [-0.2, 0) is 25.9 Å². The largest absolute Gasteiger partial charge is 0.386 e. The second-order valence-corrected chi connectivity index (χ2v) is 5.08. The quantitative estimate of drug-likeness (QED) is 0.891. The number of aliphatic hydroxyl groups is 1. The number of nitrogens with zero attached hydrogens (tertiary/aromatic N) is 4. The summed E-state index contributed by atoms with van der Waals surface area (Å²) in [5, 5.41) is 15.6. The molecular formula is C14H21ClN4O. The van der Waals surface area contributed by atoms with E-state index in [1.165, 1.54) is 0 Å². The minimum Gasteiger partial charge on any atom is -0.386 e. The molecule has 0 spiro atoms. The van der Waals surface area contributed by atoms with Gasteiger partial charge in [0.05, 0.1) is 34.6 Å². The van der Waals surface area contributed by atoms with Gasteiger partial charge in [-0.15, -0.1) is 0 Å². The average Bonchev–Trinajstić information content (AvgIpc) is 3.04. The van der Waals surface area contributed by atoms with E-state index in [1.807, 2.05) is 30.0 Å². The van der Waals surface area contributed by atoms with Crippen molar-refractivity contribution in [3.63, 3.8) is 0 Å². The molecule has 1 atom stereocenters. The number of rotatable bonds is 6. The molecule has 0 aliphatic heterocycles. The standard InChI is InChI=1S/C14H21ClN4O/c1-4-10-14(15)11(19(6-3)17-10)7-13(20)12-8-16-9-18(12)5-2/h8-9,13,20H,4-7H2,1-3H3. The van der Waals surface area contributed by atoms with Gasteiger partial charge in [0.15, 0.2) is 0 Å². The number of aryl methyl sites for hydroxylation is 3. The minimum atomic E-state index is -0.623. The molecule has 0 radical (unpaired) electrons. The van der Waals surface area contributed by atoms with Crippen molar-refractivity contribution in [1.29, 1.82) is 0 Å². The van der Waals surface area contributed by atoms with Gasteiger partial charge in [0.25, 0.3) is 0 Å². The number of aromatic nitrogens is 4. The molecule has 6 heteroatoms. The van der Waals surface area contributed by atoms with E-state index in [1.54, 1.807) is 12.5 Å². The Bertz CT molecular complexity index is 576. The van der Waals surface area contributed by atoms with Crippen LogP contribution in [0.1, 0.15) is 44.0 Å². The van der Waals surface area contributed by atoms with E-state index >= 15 is 0 Å². The highest BCUT2D eigenvalue weighted by atomic mass is 35.5. The summed E-state index contributed by atoms with van der Waals surface area (Å²) in [5.41, 5.74) is 2.59. The third-order valence-electron chi connectivity index (χ3n) is 3.51. The molecule has 0 saturated heterocycles. The third-order valence-corrected chi connectivity index (χ3v) is 3.94. The van der Waals surface area contributed by atoms with E-state index in [4.69, 9.17) is 11.6 Å². The average molecular weight is 297 g/mol. The fraction of sp³-hybridized carbons (Fsp3) is 0.571. The first-order valence-corrected chi connectivity index (χ1v) is 7.42. The molecular weight excluding hydrogens is 276 g/mol. The van der Waals surface area contributed by atoms with Gasteiger partial charge in [-0.05, 0) is 20.3 Å². The van der Waals surface area contributed by atoms with Crippen LogP contribution in [-0.4, -0.2) is 24.4 Å². The summed E-state index contributed by atoms with van der Waals surface area (Å²) in [4.78, 5) is 4.09. The molecule has 20 heavy (non-hydrogen) atoms. The topological polar surface area (TPSA) is 55.9 Å². The maximum Gasteiger partial charge on any atom is 0.101 e. The number of hydrogen-bond acceptors (Lipinski definition) is 3. The van der Waals surface area contributed by atoms with Crippen LogP contribution >= 0.6 is 11.6 Å². The van der Waals surface area contributed by atoms with Crippen molar-refractivity contribution >= 4 is 11.6 Å². The Hall–Kier alpha value is -1.33. The van der Waals surface area contributed by atoms with E-state index in [-0.39, 0.29) is 0 Å². The van der Waals surface area contributed by atoms with Crippen LogP contribution in [0.5, 0.6) is 0 Å². The van der Waals surface area contributed by atoms with Gasteiger partial charge in [-0.1, -0.05) is 18.5 Å². The third kappa shape index (κ3) is 2.74. The molecule has 0 fully saturated rings. The van der Waals surface area contributed by atoms with Crippen LogP contribution in [0.4, 0.5) is 0 Å². The van der Waals surface area contributed by atoms with Crippen LogP contribution in [0.2, 0.25) is 5.02 Å². The Morgan fingerprint density at radius 1 is 1.30 bits per heavy atom. The molecule has 1 unspecified atom stereocenters. The second-order valence-electron chi connectivity index (χ2n) is 4.70. The van der Waals surface area contributed by atoms with Crippen molar-refractivity contribution in [2.24, 2.45) is 0 Å². The van der Waals surface area contributed by atoms with E-state index in [2.05, 4.69) is 10.1 Å². The fourth-order valence-corrected chi connectivity index (χ4v) is 2.72. The number of aliphatic hydroxyl groups excluding tert-OH is 1. The summed E-state index contributed by atoms with van der Waals surface area (Å²) in [6.45, 7) is 7.61. The highest BCUT2D eigenvalue weighted by Crippen LogP contribution is 2.26. The summed E-state index contributed by atoms with van der Waals surface area (Å²) in [6.07, 6.45) is 4.05. The summed E-state index contributed by atoms with van der Waals surface area (Å²) < 4.78 is 3.81. The van der Waals surface area contributed by atoms with Gasteiger partial charge >= 0.3 is 0 Å². The van der Waals surface area contributed by atoms with Crippen molar-refractivity contribution in [2.45, 2.75) is 52.8 Å². The molecule has 110 valence electrons. The molecule has 0 aromatic carbocycles. The monoisotopic (exact) mass is 296 g/mol.